The third-order valence-electron chi connectivity index (χ3n) is 7.36. The number of hydrogen-bond acceptors (Lipinski definition) is 3. The van der Waals surface area contributed by atoms with Gasteiger partial charge in [-0.25, -0.2) is 4.39 Å². The van der Waals surface area contributed by atoms with Gasteiger partial charge in [-0.15, -0.1) is 0 Å². The fourth-order valence-electron chi connectivity index (χ4n) is 5.55. The Hall–Kier alpha value is -4.04. The van der Waals surface area contributed by atoms with Gasteiger partial charge in [0.2, 0.25) is 5.91 Å². The van der Waals surface area contributed by atoms with Crippen LogP contribution >= 0.6 is 12.2 Å². The molecule has 0 saturated carbocycles. The number of aryl methyl sites for hydroxylation is 3. The molecule has 0 aliphatic carbocycles. The molecule has 2 atom stereocenters. The molecule has 1 fully saturated rings. The van der Waals surface area contributed by atoms with E-state index in [4.69, 9.17) is 12.2 Å². The first-order chi connectivity index (χ1) is 18.7. The molecular weight excluding hydrogens is 509 g/mol. The van der Waals surface area contributed by atoms with E-state index in [1.165, 1.54) is 28.9 Å². The SMILES string of the molecule is Cc1cccc(C)c1-n1c(C)cc([C@H]2[C@@H](c3ccccn3)NC(=S)N2CCC(=O)Nc2ccc(F)cc2)c1C. The number of aromatic nitrogens is 2. The molecule has 39 heavy (non-hydrogen) atoms. The van der Waals surface area contributed by atoms with Crippen molar-refractivity contribution < 1.29 is 9.18 Å². The lowest BCUT2D eigenvalue weighted by Crippen LogP contribution is -2.32. The Morgan fingerprint density at radius 2 is 1.74 bits per heavy atom. The monoisotopic (exact) mass is 541 g/mol. The Bertz CT molecular complexity index is 1500. The molecule has 2 aromatic heterocycles. The first-order valence-electron chi connectivity index (χ1n) is 13.0. The molecule has 2 aromatic carbocycles. The maximum absolute atomic E-state index is 13.3. The summed E-state index contributed by atoms with van der Waals surface area (Å²) in [5.74, 6) is -0.506. The lowest BCUT2D eigenvalue weighted by molar-refractivity contribution is -0.116. The lowest BCUT2D eigenvalue weighted by Gasteiger charge is -2.28. The molecule has 1 saturated heterocycles. The number of pyridine rings is 1. The van der Waals surface area contributed by atoms with Crippen molar-refractivity contribution in [1.82, 2.24) is 19.8 Å². The molecular formula is C31H32FN5OS. The van der Waals surface area contributed by atoms with Crippen LogP contribution in [0.4, 0.5) is 10.1 Å². The second kappa shape index (κ2) is 11.0. The Balaban J connectivity index is 1.49. The molecule has 200 valence electrons. The number of rotatable bonds is 7. The summed E-state index contributed by atoms with van der Waals surface area (Å²) in [6.45, 7) is 8.95. The van der Waals surface area contributed by atoms with Crippen molar-refractivity contribution in [3.05, 3.63) is 113 Å². The van der Waals surface area contributed by atoms with Crippen molar-refractivity contribution in [2.24, 2.45) is 0 Å². The summed E-state index contributed by atoms with van der Waals surface area (Å²) in [6.07, 6.45) is 2.01. The number of nitrogens with one attached hydrogen (secondary N) is 2. The van der Waals surface area contributed by atoms with Gasteiger partial charge in [-0.05, 0) is 99.1 Å². The van der Waals surface area contributed by atoms with E-state index in [0.29, 0.717) is 17.3 Å². The summed E-state index contributed by atoms with van der Waals surface area (Å²) in [5, 5.41) is 6.92. The van der Waals surface area contributed by atoms with Crippen LogP contribution in [0.1, 0.15) is 52.3 Å². The van der Waals surface area contributed by atoms with Crippen LogP contribution in [-0.2, 0) is 4.79 Å². The zero-order valence-corrected chi connectivity index (χ0v) is 23.3. The first-order valence-corrected chi connectivity index (χ1v) is 13.4. The average molecular weight is 542 g/mol. The average Bonchev–Trinajstić information content (AvgIpc) is 3.39. The van der Waals surface area contributed by atoms with Crippen molar-refractivity contribution in [2.45, 2.75) is 46.2 Å². The minimum atomic E-state index is -0.344. The third-order valence-corrected chi connectivity index (χ3v) is 7.71. The van der Waals surface area contributed by atoms with E-state index in [0.717, 1.165) is 22.6 Å². The maximum Gasteiger partial charge on any atom is 0.226 e. The van der Waals surface area contributed by atoms with Gasteiger partial charge in [0, 0.05) is 36.2 Å². The van der Waals surface area contributed by atoms with Crippen LogP contribution in [0.25, 0.3) is 5.69 Å². The molecule has 0 spiro atoms. The molecule has 1 aliphatic rings. The Morgan fingerprint density at radius 3 is 2.41 bits per heavy atom. The minimum Gasteiger partial charge on any atom is -0.352 e. The number of carbonyl (C=O) groups is 1. The van der Waals surface area contributed by atoms with Gasteiger partial charge in [-0.3, -0.25) is 9.78 Å². The Morgan fingerprint density at radius 1 is 1.03 bits per heavy atom. The van der Waals surface area contributed by atoms with Crippen molar-refractivity contribution in [2.75, 3.05) is 11.9 Å². The number of thiocarbonyl (C=S) groups is 1. The van der Waals surface area contributed by atoms with Crippen LogP contribution in [-0.4, -0.2) is 32.0 Å². The van der Waals surface area contributed by atoms with Gasteiger partial charge in [0.05, 0.1) is 23.5 Å². The van der Waals surface area contributed by atoms with Gasteiger partial charge in [0.25, 0.3) is 0 Å². The van der Waals surface area contributed by atoms with Gasteiger partial charge in [-0.1, -0.05) is 24.3 Å². The number of carbonyl (C=O) groups excluding carboxylic acids is 1. The Kier molecular flexibility index (Phi) is 7.48. The van der Waals surface area contributed by atoms with E-state index in [1.54, 1.807) is 18.3 Å². The van der Waals surface area contributed by atoms with Gasteiger partial charge in [0.15, 0.2) is 5.11 Å². The first kappa shape index (κ1) is 26.6. The minimum absolute atomic E-state index is 0.157. The smallest absolute Gasteiger partial charge is 0.226 e. The highest BCUT2D eigenvalue weighted by molar-refractivity contribution is 7.80. The highest BCUT2D eigenvalue weighted by Crippen LogP contribution is 2.42. The van der Waals surface area contributed by atoms with Gasteiger partial charge < -0.3 is 20.1 Å². The summed E-state index contributed by atoms with van der Waals surface area (Å²) in [6, 6.07) is 19.9. The topological polar surface area (TPSA) is 62.2 Å². The molecule has 1 aliphatic heterocycles. The van der Waals surface area contributed by atoms with Gasteiger partial charge >= 0.3 is 0 Å². The fourth-order valence-corrected chi connectivity index (χ4v) is 5.88. The quantitative estimate of drug-likeness (QED) is 0.271. The molecule has 8 heteroatoms. The van der Waals surface area contributed by atoms with Crippen molar-refractivity contribution in [3.8, 4) is 5.69 Å². The van der Waals surface area contributed by atoms with Gasteiger partial charge in [0.1, 0.15) is 5.82 Å². The highest BCUT2D eigenvalue weighted by atomic mass is 32.1. The number of para-hydroxylation sites is 1. The summed E-state index contributed by atoms with van der Waals surface area (Å²) in [5.41, 5.74) is 8.44. The Labute approximate surface area is 233 Å². The van der Waals surface area contributed by atoms with E-state index < -0.39 is 0 Å². The van der Waals surface area contributed by atoms with E-state index >= 15 is 0 Å². The summed E-state index contributed by atoms with van der Waals surface area (Å²) in [7, 11) is 0. The largest absolute Gasteiger partial charge is 0.352 e. The second-order valence-corrected chi connectivity index (χ2v) is 10.4. The van der Waals surface area contributed by atoms with Crippen molar-refractivity contribution in [3.63, 3.8) is 0 Å². The summed E-state index contributed by atoms with van der Waals surface area (Å²) in [4.78, 5) is 19.6. The van der Waals surface area contributed by atoms with Crippen LogP contribution in [0, 0.1) is 33.5 Å². The molecule has 4 aromatic rings. The van der Waals surface area contributed by atoms with Gasteiger partial charge in [-0.2, -0.15) is 0 Å². The predicted molar refractivity (Wildman–Crippen MR) is 157 cm³/mol. The van der Waals surface area contributed by atoms with Crippen LogP contribution < -0.4 is 10.6 Å². The number of benzene rings is 2. The number of halogens is 1. The molecule has 2 N–H and O–H groups in total. The number of amides is 1. The normalized spacial score (nSPS) is 16.8. The molecule has 3 heterocycles. The lowest BCUT2D eigenvalue weighted by atomic mass is 9.96. The molecule has 0 radical (unpaired) electrons. The van der Waals surface area contributed by atoms with Crippen molar-refractivity contribution >= 4 is 28.9 Å². The molecule has 5 rings (SSSR count). The second-order valence-electron chi connectivity index (χ2n) is 10.0. The van der Waals surface area contributed by atoms with Crippen LogP contribution in [0.3, 0.4) is 0 Å². The van der Waals surface area contributed by atoms with E-state index in [-0.39, 0.29) is 30.2 Å². The third kappa shape index (κ3) is 5.29. The van der Waals surface area contributed by atoms with Crippen LogP contribution in [0.5, 0.6) is 0 Å². The number of hydrogen-bond donors (Lipinski definition) is 2. The highest BCUT2D eigenvalue weighted by Gasteiger charge is 2.41. The zero-order chi connectivity index (χ0) is 27.7. The fraction of sp³-hybridized carbons (Fsp3) is 0.258. The van der Waals surface area contributed by atoms with Crippen LogP contribution in [0.15, 0.2) is 72.9 Å². The summed E-state index contributed by atoms with van der Waals surface area (Å²) >= 11 is 5.82. The van der Waals surface area contributed by atoms with E-state index in [2.05, 4.69) is 77.0 Å². The zero-order valence-electron chi connectivity index (χ0n) is 22.5. The van der Waals surface area contributed by atoms with E-state index in [1.807, 2.05) is 18.2 Å². The standard InChI is InChI=1S/C31H32FN5OS/c1-19-8-7-9-20(2)29(19)37-21(3)18-25(22(37)4)30-28(26-10-5-6-16-33-26)35-31(39)36(30)17-15-27(38)34-24-13-11-23(32)12-14-24/h5-14,16,18,28,30H,15,17H2,1-4H3,(H,34,38)(H,35,39)/t28-,30+/m1/s1. The van der Waals surface area contributed by atoms with Crippen molar-refractivity contribution in [1.29, 1.82) is 0 Å². The number of anilines is 1. The molecule has 0 bridgehead atoms. The predicted octanol–water partition coefficient (Wildman–Crippen LogP) is 6.25. The van der Waals surface area contributed by atoms with Crippen LogP contribution in [0.2, 0.25) is 0 Å². The summed E-state index contributed by atoms with van der Waals surface area (Å²) < 4.78 is 15.6. The molecule has 6 nitrogen and oxygen atoms in total. The van der Waals surface area contributed by atoms with E-state index in [9.17, 15) is 9.18 Å². The maximum atomic E-state index is 13.3. The number of nitrogens with zero attached hydrogens (tertiary/aromatic N) is 3. The molecule has 1 amide bonds. The molecule has 0 unspecified atom stereocenters.